The summed E-state index contributed by atoms with van der Waals surface area (Å²) in [6, 6.07) is 6.06. The minimum absolute atomic E-state index is 0.0450. The number of carbonyl (C=O) groups is 1. The number of nitrogens with zero attached hydrogens (tertiary/aromatic N) is 2. The van der Waals surface area contributed by atoms with Crippen molar-refractivity contribution in [2.45, 2.75) is 38.6 Å². The third-order valence-corrected chi connectivity index (χ3v) is 5.47. The van der Waals surface area contributed by atoms with Crippen molar-refractivity contribution in [2.75, 3.05) is 18.9 Å². The molecule has 0 saturated carbocycles. The minimum atomic E-state index is -0.0450. The Labute approximate surface area is 145 Å². The van der Waals surface area contributed by atoms with Gasteiger partial charge in [0.25, 0.3) is 0 Å². The summed E-state index contributed by atoms with van der Waals surface area (Å²) in [6.45, 7) is 1.32. The van der Waals surface area contributed by atoms with E-state index in [-0.39, 0.29) is 5.91 Å². The number of hydrogen-bond acceptors (Lipinski definition) is 5. The lowest BCUT2D eigenvalue weighted by atomic mass is 9.96. The topological polar surface area (TPSA) is 69.3 Å². The molecule has 126 valence electrons. The molecule has 1 N–H and O–H groups in total. The van der Waals surface area contributed by atoms with Gasteiger partial charge in [0.2, 0.25) is 5.91 Å². The molecule has 0 radical (unpaired) electrons. The number of nitrogens with one attached hydrogen (secondary N) is 1. The van der Waals surface area contributed by atoms with E-state index in [2.05, 4.69) is 11.4 Å². The number of fused-ring (bicyclic) bond motifs is 1. The predicted molar refractivity (Wildman–Crippen MR) is 94.0 cm³/mol. The fourth-order valence-electron chi connectivity index (χ4n) is 3.00. The van der Waals surface area contributed by atoms with Crippen LogP contribution in [-0.2, 0) is 24.2 Å². The Balaban J connectivity index is 1.55. The molecular weight excluding hydrogens is 322 g/mol. The largest absolute Gasteiger partial charge is 0.468 e. The van der Waals surface area contributed by atoms with Gasteiger partial charge in [-0.15, -0.1) is 11.3 Å². The maximum atomic E-state index is 12.2. The molecule has 1 aliphatic rings. The summed E-state index contributed by atoms with van der Waals surface area (Å²) in [6.07, 6.45) is 6.32. The van der Waals surface area contributed by atoms with Crippen LogP contribution in [0.5, 0.6) is 0 Å². The van der Waals surface area contributed by atoms with Crippen LogP contribution in [0.1, 0.15) is 41.0 Å². The zero-order chi connectivity index (χ0) is 16.9. The molecule has 3 rings (SSSR count). The number of thiophene rings is 1. The number of furan rings is 1. The number of rotatable bonds is 6. The maximum absolute atomic E-state index is 12.2. The first-order valence-corrected chi connectivity index (χ1v) is 9.04. The van der Waals surface area contributed by atoms with E-state index in [9.17, 15) is 10.1 Å². The van der Waals surface area contributed by atoms with Crippen LogP contribution in [0.25, 0.3) is 0 Å². The zero-order valence-corrected chi connectivity index (χ0v) is 14.6. The Hall–Kier alpha value is -2.10. The van der Waals surface area contributed by atoms with Gasteiger partial charge < -0.3 is 9.73 Å². The van der Waals surface area contributed by atoms with Gasteiger partial charge in [-0.05, 0) is 50.4 Å². The fourth-order valence-corrected chi connectivity index (χ4v) is 4.26. The second kappa shape index (κ2) is 7.65. The first-order chi connectivity index (χ1) is 11.7. The summed E-state index contributed by atoms with van der Waals surface area (Å²) in [7, 11) is 1.96. The van der Waals surface area contributed by atoms with Crippen LogP contribution in [0, 0.1) is 11.3 Å². The van der Waals surface area contributed by atoms with E-state index >= 15 is 0 Å². The number of nitriles is 1. The molecule has 0 saturated heterocycles. The summed E-state index contributed by atoms with van der Waals surface area (Å²) in [5.74, 6) is 0.840. The molecular formula is C18H21N3O2S. The van der Waals surface area contributed by atoms with Gasteiger partial charge in [-0.3, -0.25) is 9.69 Å². The molecule has 0 bridgehead atoms. The van der Waals surface area contributed by atoms with E-state index in [0.29, 0.717) is 25.1 Å². The first kappa shape index (κ1) is 16.7. The fraction of sp³-hybridized carbons (Fsp3) is 0.444. The van der Waals surface area contributed by atoms with Crippen LogP contribution in [0.2, 0.25) is 0 Å². The highest BCUT2D eigenvalue weighted by Crippen LogP contribution is 2.37. The molecule has 24 heavy (non-hydrogen) atoms. The molecule has 0 aromatic carbocycles. The van der Waals surface area contributed by atoms with Gasteiger partial charge in [0, 0.05) is 17.8 Å². The molecule has 1 amide bonds. The Kier molecular flexibility index (Phi) is 5.34. The van der Waals surface area contributed by atoms with E-state index in [1.807, 2.05) is 24.1 Å². The van der Waals surface area contributed by atoms with Gasteiger partial charge >= 0.3 is 0 Å². The average Bonchev–Trinajstić information content (AvgIpc) is 3.19. The van der Waals surface area contributed by atoms with Crippen LogP contribution in [-0.4, -0.2) is 24.4 Å². The van der Waals surface area contributed by atoms with Crippen molar-refractivity contribution in [3.05, 3.63) is 40.2 Å². The van der Waals surface area contributed by atoms with E-state index in [1.54, 1.807) is 17.6 Å². The van der Waals surface area contributed by atoms with Crippen LogP contribution in [0.3, 0.4) is 0 Å². The van der Waals surface area contributed by atoms with Crippen LogP contribution in [0.15, 0.2) is 22.8 Å². The van der Waals surface area contributed by atoms with Crippen molar-refractivity contribution in [1.29, 1.82) is 5.26 Å². The molecule has 0 spiro atoms. The van der Waals surface area contributed by atoms with Crippen molar-refractivity contribution in [1.82, 2.24) is 4.90 Å². The standard InChI is InChI=1S/C18H21N3O2S/c1-21(12-13-5-4-10-23-13)9-8-17(22)20-18-15(11-19)14-6-2-3-7-16(14)24-18/h4-5,10H,2-3,6-9,12H2,1H3,(H,20,22). The third-order valence-electron chi connectivity index (χ3n) is 4.26. The first-order valence-electron chi connectivity index (χ1n) is 8.23. The maximum Gasteiger partial charge on any atom is 0.226 e. The Morgan fingerprint density at radius 2 is 2.29 bits per heavy atom. The van der Waals surface area contributed by atoms with Gasteiger partial charge in [0.05, 0.1) is 18.4 Å². The van der Waals surface area contributed by atoms with Gasteiger partial charge in [-0.1, -0.05) is 0 Å². The van der Waals surface area contributed by atoms with E-state index in [1.165, 1.54) is 11.3 Å². The Bertz CT molecular complexity index is 743. The number of anilines is 1. The van der Waals surface area contributed by atoms with Crippen molar-refractivity contribution in [3.8, 4) is 6.07 Å². The summed E-state index contributed by atoms with van der Waals surface area (Å²) in [5, 5.41) is 13.1. The lowest BCUT2D eigenvalue weighted by Crippen LogP contribution is -2.23. The molecule has 2 aromatic rings. The van der Waals surface area contributed by atoms with E-state index in [0.717, 1.165) is 35.6 Å². The molecule has 2 aromatic heterocycles. The SMILES string of the molecule is CN(CCC(=O)Nc1sc2c(c1C#N)CCCC2)Cc1ccco1. The Morgan fingerprint density at radius 1 is 1.46 bits per heavy atom. The van der Waals surface area contributed by atoms with E-state index < -0.39 is 0 Å². The van der Waals surface area contributed by atoms with E-state index in [4.69, 9.17) is 4.42 Å². The number of amides is 1. The summed E-state index contributed by atoms with van der Waals surface area (Å²) >= 11 is 1.57. The predicted octanol–water partition coefficient (Wildman–Crippen LogP) is 3.55. The quantitative estimate of drug-likeness (QED) is 0.871. The highest BCUT2D eigenvalue weighted by Gasteiger charge is 2.21. The molecule has 1 aliphatic carbocycles. The van der Waals surface area contributed by atoms with Crippen LogP contribution < -0.4 is 5.32 Å². The monoisotopic (exact) mass is 343 g/mol. The van der Waals surface area contributed by atoms with Crippen LogP contribution in [0.4, 0.5) is 5.00 Å². The number of aryl methyl sites for hydroxylation is 1. The highest BCUT2D eigenvalue weighted by molar-refractivity contribution is 7.16. The van der Waals surface area contributed by atoms with Crippen molar-refractivity contribution in [2.24, 2.45) is 0 Å². The minimum Gasteiger partial charge on any atom is -0.468 e. The number of carbonyl (C=O) groups excluding carboxylic acids is 1. The molecule has 6 heteroatoms. The number of hydrogen-bond donors (Lipinski definition) is 1. The average molecular weight is 343 g/mol. The lowest BCUT2D eigenvalue weighted by molar-refractivity contribution is -0.116. The molecule has 2 heterocycles. The summed E-state index contributed by atoms with van der Waals surface area (Å²) < 4.78 is 5.31. The summed E-state index contributed by atoms with van der Waals surface area (Å²) in [5.41, 5.74) is 1.82. The highest BCUT2D eigenvalue weighted by atomic mass is 32.1. The van der Waals surface area contributed by atoms with Gasteiger partial charge in [-0.2, -0.15) is 5.26 Å². The third kappa shape index (κ3) is 3.86. The smallest absolute Gasteiger partial charge is 0.226 e. The molecule has 5 nitrogen and oxygen atoms in total. The second-order valence-corrected chi connectivity index (χ2v) is 7.25. The molecule has 0 fully saturated rings. The second-order valence-electron chi connectivity index (χ2n) is 6.14. The molecule has 0 unspecified atom stereocenters. The van der Waals surface area contributed by atoms with Crippen molar-refractivity contribution < 1.29 is 9.21 Å². The van der Waals surface area contributed by atoms with Gasteiger partial charge in [0.1, 0.15) is 16.8 Å². The van der Waals surface area contributed by atoms with Crippen LogP contribution >= 0.6 is 11.3 Å². The van der Waals surface area contributed by atoms with Crippen molar-refractivity contribution in [3.63, 3.8) is 0 Å². The molecule has 0 atom stereocenters. The normalized spacial score (nSPS) is 13.5. The van der Waals surface area contributed by atoms with Gasteiger partial charge in [0.15, 0.2) is 0 Å². The Morgan fingerprint density at radius 3 is 3.04 bits per heavy atom. The summed E-state index contributed by atoms with van der Waals surface area (Å²) in [4.78, 5) is 15.5. The van der Waals surface area contributed by atoms with Gasteiger partial charge in [-0.25, -0.2) is 0 Å². The lowest BCUT2D eigenvalue weighted by Gasteiger charge is -2.14. The zero-order valence-electron chi connectivity index (χ0n) is 13.8. The van der Waals surface area contributed by atoms with Crippen molar-refractivity contribution >= 4 is 22.2 Å². The molecule has 0 aliphatic heterocycles.